The van der Waals surface area contributed by atoms with Crippen LogP contribution in [0.3, 0.4) is 0 Å². The number of hydrogen-bond acceptors (Lipinski definition) is 2. The summed E-state index contributed by atoms with van der Waals surface area (Å²) in [5.41, 5.74) is 0.396. The van der Waals surface area contributed by atoms with Gasteiger partial charge in [-0.1, -0.05) is 40.3 Å². The van der Waals surface area contributed by atoms with Crippen molar-refractivity contribution in [2.24, 2.45) is 35.0 Å². The minimum absolute atomic E-state index is 0.268. The third kappa shape index (κ3) is 2.85. The number of carbonyl (C=O) groups is 2. The molecule has 2 unspecified atom stereocenters. The highest BCUT2D eigenvalue weighted by Crippen LogP contribution is 2.63. The van der Waals surface area contributed by atoms with Crippen LogP contribution >= 0.6 is 0 Å². The van der Waals surface area contributed by atoms with Gasteiger partial charge in [-0.3, -0.25) is 4.79 Å². The van der Waals surface area contributed by atoms with Crippen molar-refractivity contribution in [1.82, 2.24) is 0 Å². The van der Waals surface area contributed by atoms with Gasteiger partial charge >= 0.3 is 0 Å². The van der Waals surface area contributed by atoms with Crippen LogP contribution in [0.4, 0.5) is 0 Å². The molecule has 0 aromatic heterocycles. The van der Waals surface area contributed by atoms with Crippen molar-refractivity contribution in [2.45, 2.75) is 102 Å². The Morgan fingerprint density at radius 1 is 0.963 bits per heavy atom. The van der Waals surface area contributed by atoms with Gasteiger partial charge in [-0.25, -0.2) is 0 Å². The molecular weight excluding hydrogens is 348 g/mol. The molecule has 0 N–H and O–H groups in total. The zero-order valence-electron chi connectivity index (χ0n) is 18.2. The second-order valence-electron chi connectivity index (χ2n) is 12.1. The molecule has 0 heterocycles. The van der Waals surface area contributed by atoms with E-state index < -0.39 is 13.5 Å². The van der Waals surface area contributed by atoms with E-state index in [1.807, 2.05) is 0 Å². The highest BCUT2D eigenvalue weighted by Gasteiger charge is 2.59. The maximum Gasteiger partial charge on any atom is 0.146 e. The van der Waals surface area contributed by atoms with E-state index in [1.54, 1.807) is 0 Å². The van der Waals surface area contributed by atoms with E-state index in [4.69, 9.17) is 0 Å². The lowest BCUT2D eigenvalue weighted by Crippen LogP contribution is -2.52. The number of fused-ring (bicyclic) bond motifs is 5. The SMILES string of the molecule is CC(C)(C)[Si](C)(C)C1CC[C@H]2C(CC[C@@H]3[C@@H]2CC[C@]2(C=O)C(=O)CC[C@@H]32)C1. The summed E-state index contributed by atoms with van der Waals surface area (Å²) in [6.07, 6.45) is 11.7. The predicted octanol–water partition coefficient (Wildman–Crippen LogP) is 6.27. The Hall–Kier alpha value is -0.443. The molecule has 4 saturated carbocycles. The van der Waals surface area contributed by atoms with Gasteiger partial charge in [-0.2, -0.15) is 0 Å². The molecule has 3 heteroatoms. The number of rotatable bonds is 2. The maximum absolute atomic E-state index is 12.5. The second-order valence-corrected chi connectivity index (χ2v) is 17.8. The largest absolute Gasteiger partial charge is 0.302 e. The third-order valence-corrected chi connectivity index (χ3v) is 16.9. The maximum atomic E-state index is 12.5. The van der Waals surface area contributed by atoms with Crippen molar-refractivity contribution >= 4 is 20.1 Å². The first-order chi connectivity index (χ1) is 12.6. The summed E-state index contributed by atoms with van der Waals surface area (Å²) in [6, 6.07) is 0. The molecule has 4 aliphatic rings. The lowest BCUT2D eigenvalue weighted by molar-refractivity contribution is -0.142. The molecule has 27 heavy (non-hydrogen) atoms. The lowest BCUT2D eigenvalue weighted by atomic mass is 9.50. The summed E-state index contributed by atoms with van der Waals surface area (Å²) in [5, 5.41) is 0.486. The van der Waals surface area contributed by atoms with Crippen molar-refractivity contribution in [1.29, 1.82) is 0 Å². The monoisotopic (exact) mass is 388 g/mol. The fourth-order valence-corrected chi connectivity index (χ4v) is 10.8. The van der Waals surface area contributed by atoms with Crippen LogP contribution < -0.4 is 0 Å². The number of carbonyl (C=O) groups excluding carboxylic acids is 2. The Kier molecular flexibility index (Phi) is 4.81. The van der Waals surface area contributed by atoms with Gasteiger partial charge in [0, 0.05) is 6.42 Å². The third-order valence-electron chi connectivity index (χ3n) is 10.4. The van der Waals surface area contributed by atoms with Crippen LogP contribution in [0, 0.1) is 35.0 Å². The average Bonchev–Trinajstić information content (AvgIpc) is 2.97. The predicted molar refractivity (Wildman–Crippen MR) is 113 cm³/mol. The molecule has 0 aromatic rings. The zero-order valence-corrected chi connectivity index (χ0v) is 19.2. The van der Waals surface area contributed by atoms with Crippen LogP contribution in [-0.4, -0.2) is 20.1 Å². The van der Waals surface area contributed by atoms with Gasteiger partial charge in [0.25, 0.3) is 0 Å². The Labute approximate surface area is 167 Å². The van der Waals surface area contributed by atoms with E-state index in [9.17, 15) is 9.59 Å². The summed E-state index contributed by atoms with van der Waals surface area (Å²) >= 11 is 0. The molecular formula is C24H40O2Si. The fourth-order valence-electron chi connectivity index (χ4n) is 7.84. The summed E-state index contributed by atoms with van der Waals surface area (Å²) in [6.45, 7) is 12.7. The topological polar surface area (TPSA) is 34.1 Å². The molecule has 2 nitrogen and oxygen atoms in total. The van der Waals surface area contributed by atoms with Gasteiger partial charge in [-0.05, 0) is 85.1 Å². The highest BCUT2D eigenvalue weighted by molar-refractivity contribution is 6.81. The highest BCUT2D eigenvalue weighted by atomic mass is 28.3. The van der Waals surface area contributed by atoms with E-state index in [0.29, 0.717) is 23.3 Å². The summed E-state index contributed by atoms with van der Waals surface area (Å²) < 4.78 is 0. The molecule has 7 atom stereocenters. The molecule has 4 rings (SSSR count). The summed E-state index contributed by atoms with van der Waals surface area (Å²) in [5.74, 6) is 3.89. The molecule has 152 valence electrons. The molecule has 0 aliphatic heterocycles. The van der Waals surface area contributed by atoms with Crippen molar-refractivity contribution in [3.8, 4) is 0 Å². The summed E-state index contributed by atoms with van der Waals surface area (Å²) in [7, 11) is -1.26. The van der Waals surface area contributed by atoms with E-state index in [2.05, 4.69) is 33.9 Å². The average molecular weight is 389 g/mol. The molecule has 0 spiro atoms. The standard InChI is InChI=1S/C24H40O2Si/c1-23(2,3)27(4,5)17-7-9-18-16(14-17)6-8-20-19(18)12-13-24(15-25)21(20)10-11-22(24)26/h15-21H,6-14H2,1-5H3/t16?,17?,18-,19+,20+,21-,24+/m0/s1. The van der Waals surface area contributed by atoms with Gasteiger partial charge in [0.1, 0.15) is 12.1 Å². The quantitative estimate of drug-likeness (QED) is 0.317. The lowest BCUT2D eigenvalue weighted by Gasteiger charge is -2.56. The van der Waals surface area contributed by atoms with Gasteiger partial charge in [0.05, 0.1) is 13.5 Å². The van der Waals surface area contributed by atoms with Crippen molar-refractivity contribution in [3.63, 3.8) is 0 Å². The zero-order chi connectivity index (χ0) is 19.6. The van der Waals surface area contributed by atoms with Gasteiger partial charge < -0.3 is 4.79 Å². The molecule has 0 aromatic carbocycles. The van der Waals surface area contributed by atoms with Crippen LogP contribution in [0.2, 0.25) is 23.7 Å². The molecule has 0 amide bonds. The fraction of sp³-hybridized carbons (Fsp3) is 0.917. The first kappa shape index (κ1) is 19.9. The molecule has 4 fully saturated rings. The minimum Gasteiger partial charge on any atom is -0.302 e. The molecule has 4 aliphatic carbocycles. The van der Waals surface area contributed by atoms with Crippen LogP contribution in [0.5, 0.6) is 0 Å². The van der Waals surface area contributed by atoms with Gasteiger partial charge in [-0.15, -0.1) is 0 Å². The number of Topliss-reactive ketones (excluding diaryl/α,β-unsaturated/α-hetero) is 1. The van der Waals surface area contributed by atoms with Crippen LogP contribution in [-0.2, 0) is 9.59 Å². The van der Waals surface area contributed by atoms with E-state index in [-0.39, 0.29) is 5.78 Å². The molecule has 0 radical (unpaired) electrons. The van der Waals surface area contributed by atoms with Crippen LogP contribution in [0.1, 0.15) is 78.6 Å². The Balaban J connectivity index is 1.51. The molecule has 0 saturated heterocycles. The normalized spacial score (nSPS) is 45.0. The Morgan fingerprint density at radius 2 is 1.67 bits per heavy atom. The van der Waals surface area contributed by atoms with Crippen molar-refractivity contribution in [3.05, 3.63) is 0 Å². The minimum atomic E-state index is -1.26. The Bertz CT molecular complexity index is 618. The number of ketones is 1. The van der Waals surface area contributed by atoms with Gasteiger partial charge in [0.15, 0.2) is 0 Å². The van der Waals surface area contributed by atoms with Gasteiger partial charge in [0.2, 0.25) is 0 Å². The van der Waals surface area contributed by atoms with Crippen molar-refractivity contribution in [2.75, 3.05) is 0 Å². The first-order valence-corrected chi connectivity index (χ1v) is 14.7. The van der Waals surface area contributed by atoms with E-state index in [0.717, 1.165) is 48.8 Å². The van der Waals surface area contributed by atoms with E-state index in [1.165, 1.54) is 32.1 Å². The number of hydrogen-bond donors (Lipinski definition) is 0. The van der Waals surface area contributed by atoms with E-state index >= 15 is 0 Å². The smallest absolute Gasteiger partial charge is 0.146 e. The summed E-state index contributed by atoms with van der Waals surface area (Å²) in [4.78, 5) is 24.5. The first-order valence-electron chi connectivity index (χ1n) is 11.6. The Morgan fingerprint density at radius 3 is 2.33 bits per heavy atom. The molecule has 0 bridgehead atoms. The number of aldehydes is 1. The van der Waals surface area contributed by atoms with Crippen molar-refractivity contribution < 1.29 is 9.59 Å². The second kappa shape index (κ2) is 6.54. The van der Waals surface area contributed by atoms with Crippen LogP contribution in [0.25, 0.3) is 0 Å². The van der Waals surface area contributed by atoms with Crippen LogP contribution in [0.15, 0.2) is 0 Å².